The third-order valence-corrected chi connectivity index (χ3v) is 5.13. The van der Waals surface area contributed by atoms with Crippen molar-refractivity contribution in [1.29, 1.82) is 0 Å². The van der Waals surface area contributed by atoms with Gasteiger partial charge in [0.15, 0.2) is 0 Å². The van der Waals surface area contributed by atoms with Crippen molar-refractivity contribution in [3.8, 4) is 5.75 Å². The van der Waals surface area contributed by atoms with E-state index in [0.29, 0.717) is 19.6 Å². The van der Waals surface area contributed by atoms with Crippen LogP contribution in [0.15, 0.2) is 24.3 Å². The molecule has 0 bridgehead atoms. The van der Waals surface area contributed by atoms with Gasteiger partial charge in [-0.3, -0.25) is 4.79 Å². The van der Waals surface area contributed by atoms with Crippen LogP contribution in [-0.2, 0) is 11.2 Å². The maximum absolute atomic E-state index is 12.4. The zero-order valence-corrected chi connectivity index (χ0v) is 13.1. The summed E-state index contributed by atoms with van der Waals surface area (Å²) in [4.78, 5) is 12.4. The summed E-state index contributed by atoms with van der Waals surface area (Å²) in [6.07, 6.45) is 7.24. The number of benzene rings is 1. The van der Waals surface area contributed by atoms with Crippen molar-refractivity contribution in [3.63, 3.8) is 0 Å². The summed E-state index contributed by atoms with van der Waals surface area (Å²) in [6.45, 7) is 1.17. The second-order valence-corrected chi connectivity index (χ2v) is 6.83. The molecule has 22 heavy (non-hydrogen) atoms. The van der Waals surface area contributed by atoms with Crippen molar-refractivity contribution in [1.82, 2.24) is 5.32 Å². The van der Waals surface area contributed by atoms with Crippen LogP contribution in [0.3, 0.4) is 0 Å². The molecule has 1 aliphatic carbocycles. The van der Waals surface area contributed by atoms with Crippen molar-refractivity contribution < 1.29 is 9.53 Å². The molecule has 4 heteroatoms. The molecule has 1 atom stereocenters. The van der Waals surface area contributed by atoms with Gasteiger partial charge in [0, 0.05) is 6.42 Å². The monoisotopic (exact) mass is 302 g/mol. The second kappa shape index (κ2) is 6.69. The molecular weight excluding hydrogens is 276 g/mol. The van der Waals surface area contributed by atoms with Gasteiger partial charge in [-0.2, -0.15) is 0 Å². The van der Waals surface area contributed by atoms with E-state index in [-0.39, 0.29) is 17.4 Å². The molecule has 1 aromatic carbocycles. The first-order chi connectivity index (χ1) is 10.7. The average Bonchev–Trinajstić information content (AvgIpc) is 2.55. The van der Waals surface area contributed by atoms with Gasteiger partial charge in [0.2, 0.25) is 5.91 Å². The molecule has 0 aromatic heterocycles. The van der Waals surface area contributed by atoms with Gasteiger partial charge < -0.3 is 15.8 Å². The molecule has 3 N–H and O–H groups in total. The number of rotatable bonds is 4. The average molecular weight is 302 g/mol. The Bertz CT molecular complexity index is 524. The Morgan fingerprint density at radius 3 is 2.82 bits per heavy atom. The van der Waals surface area contributed by atoms with Gasteiger partial charge in [0.25, 0.3) is 0 Å². The molecular formula is C18H26N2O2. The van der Waals surface area contributed by atoms with E-state index in [0.717, 1.165) is 25.0 Å². The van der Waals surface area contributed by atoms with E-state index < -0.39 is 0 Å². The quantitative estimate of drug-likeness (QED) is 0.897. The number of fused-ring (bicyclic) bond motifs is 1. The highest BCUT2D eigenvalue weighted by atomic mass is 16.5. The number of amides is 1. The van der Waals surface area contributed by atoms with Crippen molar-refractivity contribution in [2.24, 2.45) is 11.1 Å². The van der Waals surface area contributed by atoms with Gasteiger partial charge in [-0.25, -0.2) is 0 Å². The van der Waals surface area contributed by atoms with Gasteiger partial charge in [0.1, 0.15) is 12.4 Å². The zero-order chi connectivity index (χ0) is 15.4. The minimum Gasteiger partial charge on any atom is -0.491 e. The Hall–Kier alpha value is -1.55. The van der Waals surface area contributed by atoms with Gasteiger partial charge in [0.05, 0.1) is 6.04 Å². The van der Waals surface area contributed by atoms with Gasteiger partial charge >= 0.3 is 0 Å². The first-order valence-electron chi connectivity index (χ1n) is 8.41. The SMILES string of the molecule is NCC1(CC(=O)NC2COc3ccccc3C2)CCCCC1. The van der Waals surface area contributed by atoms with E-state index in [1.54, 1.807) is 0 Å². The fourth-order valence-electron chi connectivity index (χ4n) is 3.79. The Morgan fingerprint density at radius 2 is 2.05 bits per heavy atom. The molecule has 1 aromatic rings. The van der Waals surface area contributed by atoms with E-state index in [9.17, 15) is 4.79 Å². The topological polar surface area (TPSA) is 64.4 Å². The van der Waals surface area contributed by atoms with Crippen molar-refractivity contribution in [3.05, 3.63) is 29.8 Å². The Balaban J connectivity index is 1.56. The fourth-order valence-corrected chi connectivity index (χ4v) is 3.79. The van der Waals surface area contributed by atoms with Crippen molar-refractivity contribution in [2.75, 3.05) is 13.2 Å². The molecule has 1 saturated carbocycles. The summed E-state index contributed by atoms with van der Waals surface area (Å²) >= 11 is 0. The molecule has 1 fully saturated rings. The Morgan fingerprint density at radius 1 is 1.27 bits per heavy atom. The van der Waals surface area contributed by atoms with E-state index >= 15 is 0 Å². The Kier molecular flexibility index (Phi) is 4.67. The van der Waals surface area contributed by atoms with Crippen molar-refractivity contribution >= 4 is 5.91 Å². The molecule has 1 aliphatic heterocycles. The summed E-state index contributed by atoms with van der Waals surface area (Å²) < 4.78 is 5.74. The molecule has 0 radical (unpaired) electrons. The fraction of sp³-hybridized carbons (Fsp3) is 0.611. The molecule has 2 aliphatic rings. The van der Waals surface area contributed by atoms with Crippen LogP contribution < -0.4 is 15.8 Å². The molecule has 1 unspecified atom stereocenters. The van der Waals surface area contributed by atoms with Crippen LogP contribution in [0, 0.1) is 5.41 Å². The number of para-hydroxylation sites is 1. The third kappa shape index (κ3) is 3.43. The van der Waals surface area contributed by atoms with Gasteiger partial charge in [-0.15, -0.1) is 0 Å². The lowest BCUT2D eigenvalue weighted by atomic mass is 9.71. The van der Waals surface area contributed by atoms with Crippen LogP contribution in [0.1, 0.15) is 44.1 Å². The Labute approximate surface area is 132 Å². The maximum atomic E-state index is 12.4. The summed E-state index contributed by atoms with van der Waals surface area (Å²) in [6, 6.07) is 8.11. The summed E-state index contributed by atoms with van der Waals surface area (Å²) in [5.41, 5.74) is 7.17. The number of hydrogen-bond donors (Lipinski definition) is 2. The highest BCUT2D eigenvalue weighted by Crippen LogP contribution is 2.38. The van der Waals surface area contributed by atoms with E-state index in [2.05, 4.69) is 11.4 Å². The van der Waals surface area contributed by atoms with E-state index in [4.69, 9.17) is 10.5 Å². The molecule has 1 heterocycles. The normalized spacial score (nSPS) is 23.2. The van der Waals surface area contributed by atoms with Crippen LogP contribution >= 0.6 is 0 Å². The number of ether oxygens (including phenoxy) is 1. The largest absolute Gasteiger partial charge is 0.491 e. The van der Waals surface area contributed by atoms with E-state index in [1.807, 2.05) is 18.2 Å². The molecule has 0 spiro atoms. The standard InChI is InChI=1S/C18H26N2O2/c19-13-18(8-4-1-5-9-18)11-17(21)20-15-10-14-6-2-3-7-16(14)22-12-15/h2-3,6-7,15H,1,4-5,8-13,19H2,(H,20,21). The third-order valence-electron chi connectivity index (χ3n) is 5.13. The highest BCUT2D eigenvalue weighted by molar-refractivity contribution is 5.77. The lowest BCUT2D eigenvalue weighted by Crippen LogP contribution is -2.46. The van der Waals surface area contributed by atoms with Crippen LogP contribution in [0.5, 0.6) is 5.75 Å². The molecule has 1 amide bonds. The number of nitrogens with one attached hydrogen (secondary N) is 1. The first kappa shape index (κ1) is 15.3. The van der Waals surface area contributed by atoms with Gasteiger partial charge in [-0.1, -0.05) is 37.5 Å². The molecule has 3 rings (SSSR count). The minimum atomic E-state index is 0.0236. The highest BCUT2D eigenvalue weighted by Gasteiger charge is 2.33. The maximum Gasteiger partial charge on any atom is 0.220 e. The zero-order valence-electron chi connectivity index (χ0n) is 13.1. The smallest absolute Gasteiger partial charge is 0.220 e. The summed E-state index contributed by atoms with van der Waals surface area (Å²) in [7, 11) is 0. The van der Waals surface area contributed by atoms with Crippen LogP contribution in [0.25, 0.3) is 0 Å². The predicted octanol–water partition coefficient (Wildman–Crippen LogP) is 2.41. The van der Waals surface area contributed by atoms with Gasteiger partial charge in [-0.05, 0) is 42.9 Å². The predicted molar refractivity (Wildman–Crippen MR) is 86.8 cm³/mol. The van der Waals surface area contributed by atoms with E-state index in [1.165, 1.54) is 24.8 Å². The molecule has 0 saturated heterocycles. The number of nitrogens with two attached hydrogens (primary N) is 1. The number of hydrogen-bond acceptors (Lipinski definition) is 3. The summed E-state index contributed by atoms with van der Waals surface area (Å²) in [5.74, 6) is 1.07. The first-order valence-corrected chi connectivity index (χ1v) is 8.41. The molecule has 4 nitrogen and oxygen atoms in total. The van der Waals surface area contributed by atoms with Crippen molar-refractivity contribution in [2.45, 2.75) is 51.0 Å². The summed E-state index contributed by atoms with van der Waals surface area (Å²) in [5, 5.41) is 3.15. The van der Waals surface area contributed by atoms with Crippen LogP contribution in [0.4, 0.5) is 0 Å². The minimum absolute atomic E-state index is 0.0236. The van der Waals surface area contributed by atoms with Crippen LogP contribution in [-0.4, -0.2) is 25.1 Å². The number of carbonyl (C=O) groups excluding carboxylic acids is 1. The lowest BCUT2D eigenvalue weighted by Gasteiger charge is -2.36. The number of carbonyl (C=O) groups is 1. The second-order valence-electron chi connectivity index (χ2n) is 6.83. The van der Waals surface area contributed by atoms with Crippen LogP contribution in [0.2, 0.25) is 0 Å². The molecule has 120 valence electrons. The lowest BCUT2D eigenvalue weighted by molar-refractivity contribution is -0.124.